The van der Waals surface area contributed by atoms with Crippen molar-refractivity contribution < 1.29 is 24.2 Å². The van der Waals surface area contributed by atoms with Gasteiger partial charge in [0.2, 0.25) is 17.7 Å². The minimum atomic E-state index is -1.13. The molecule has 3 saturated heterocycles. The first kappa shape index (κ1) is 23.0. The number of para-hydroxylation sites is 1. The van der Waals surface area contributed by atoms with Crippen LogP contribution in [0.5, 0.6) is 0 Å². The molecule has 0 aliphatic carbocycles. The predicted octanol–water partition coefficient (Wildman–Crippen LogP) is 1.95. The summed E-state index contributed by atoms with van der Waals surface area (Å²) in [5.41, 5.74) is -1.47. The van der Waals surface area contributed by atoms with Gasteiger partial charge in [-0.25, -0.2) is 0 Å². The molecule has 3 aliphatic rings. The molecule has 3 aliphatic heterocycles. The van der Waals surface area contributed by atoms with Crippen molar-refractivity contribution in [2.75, 3.05) is 19.0 Å². The lowest BCUT2D eigenvalue weighted by Gasteiger charge is -2.37. The fourth-order valence-electron chi connectivity index (χ4n) is 6.08. The van der Waals surface area contributed by atoms with Crippen molar-refractivity contribution in [3.05, 3.63) is 29.3 Å². The Morgan fingerprint density at radius 2 is 2.00 bits per heavy atom. The highest BCUT2D eigenvalue weighted by Crippen LogP contribution is 2.64. The highest BCUT2D eigenvalue weighted by Gasteiger charge is 2.79. The lowest BCUT2D eigenvalue weighted by Crippen LogP contribution is -2.56. The Kier molecular flexibility index (Phi) is 5.98. The molecule has 1 aromatic rings. The van der Waals surface area contributed by atoms with Gasteiger partial charge in [0, 0.05) is 7.05 Å². The van der Waals surface area contributed by atoms with Gasteiger partial charge in [-0.15, -0.1) is 0 Å². The number of hydrogen-bond acceptors (Lipinski definition) is 5. The molecule has 32 heavy (non-hydrogen) atoms. The van der Waals surface area contributed by atoms with E-state index in [9.17, 15) is 19.5 Å². The molecule has 2 bridgehead atoms. The minimum absolute atomic E-state index is 0.254. The second-order valence-electron chi connectivity index (χ2n) is 8.91. The van der Waals surface area contributed by atoms with E-state index in [1.54, 1.807) is 31.3 Å². The van der Waals surface area contributed by atoms with Crippen molar-refractivity contribution >= 4 is 35.0 Å². The standard InChI is InChI=1S/C23H30ClN3O5/c1-4-13(12-28)27-18(20(30)26-15-9-7-6-8-14(15)24)23-11-10-22(5-2,32-23)16(19(29)25-3)17(23)21(27)31/h6-9,13,16-18,28H,4-5,10-12H2,1-3H3,(H,25,29)(H,26,30)/t13-,16-,17-,18?,22+,23?/m0/s1. The Balaban J connectivity index is 1.81. The van der Waals surface area contributed by atoms with Crippen molar-refractivity contribution in [1.29, 1.82) is 0 Å². The summed E-state index contributed by atoms with van der Waals surface area (Å²) in [5.74, 6) is -2.45. The van der Waals surface area contributed by atoms with E-state index in [4.69, 9.17) is 16.3 Å². The zero-order valence-corrected chi connectivity index (χ0v) is 19.3. The van der Waals surface area contributed by atoms with Gasteiger partial charge in [0.1, 0.15) is 11.6 Å². The molecule has 6 atom stereocenters. The van der Waals surface area contributed by atoms with Gasteiger partial charge in [-0.2, -0.15) is 0 Å². The molecule has 0 aromatic heterocycles. The third kappa shape index (κ3) is 3.07. The number of rotatable bonds is 7. The fraction of sp³-hybridized carbons (Fsp3) is 0.609. The number of nitrogens with zero attached hydrogens (tertiary/aromatic N) is 1. The average Bonchev–Trinajstić information content (AvgIpc) is 3.40. The van der Waals surface area contributed by atoms with E-state index in [0.717, 1.165) is 0 Å². The number of amides is 3. The first-order chi connectivity index (χ1) is 15.3. The maximum absolute atomic E-state index is 13.8. The Morgan fingerprint density at radius 3 is 2.59 bits per heavy atom. The molecule has 174 valence electrons. The third-order valence-electron chi connectivity index (χ3n) is 7.60. The molecule has 2 unspecified atom stereocenters. The van der Waals surface area contributed by atoms with E-state index in [0.29, 0.717) is 36.4 Å². The number of halogens is 1. The first-order valence-electron chi connectivity index (χ1n) is 11.2. The molecule has 9 heteroatoms. The number of carbonyl (C=O) groups is 3. The summed E-state index contributed by atoms with van der Waals surface area (Å²) in [5, 5.41) is 15.9. The van der Waals surface area contributed by atoms with Crippen LogP contribution in [-0.2, 0) is 19.1 Å². The molecular formula is C23H30ClN3O5. The van der Waals surface area contributed by atoms with Crippen LogP contribution in [-0.4, -0.2) is 64.7 Å². The number of ether oxygens (including phenoxy) is 1. The number of fused-ring (bicyclic) bond motifs is 1. The maximum Gasteiger partial charge on any atom is 0.250 e. The van der Waals surface area contributed by atoms with E-state index < -0.39 is 41.0 Å². The van der Waals surface area contributed by atoms with Crippen molar-refractivity contribution in [2.24, 2.45) is 11.8 Å². The number of aliphatic hydroxyl groups excluding tert-OH is 1. The summed E-state index contributed by atoms with van der Waals surface area (Å²) >= 11 is 6.25. The van der Waals surface area contributed by atoms with Crippen molar-refractivity contribution in [3.8, 4) is 0 Å². The molecule has 4 rings (SSSR count). The summed E-state index contributed by atoms with van der Waals surface area (Å²) in [7, 11) is 1.55. The summed E-state index contributed by atoms with van der Waals surface area (Å²) in [4.78, 5) is 41.9. The van der Waals surface area contributed by atoms with Crippen LogP contribution < -0.4 is 10.6 Å². The Morgan fingerprint density at radius 1 is 1.28 bits per heavy atom. The monoisotopic (exact) mass is 463 g/mol. The van der Waals surface area contributed by atoms with Crippen LogP contribution >= 0.6 is 11.6 Å². The largest absolute Gasteiger partial charge is 0.394 e. The molecule has 3 heterocycles. The number of aliphatic hydroxyl groups is 1. The molecule has 3 amide bonds. The molecule has 0 saturated carbocycles. The number of nitrogens with one attached hydrogen (secondary N) is 2. The molecule has 3 N–H and O–H groups in total. The first-order valence-corrected chi connectivity index (χ1v) is 11.6. The van der Waals surface area contributed by atoms with Gasteiger partial charge in [0.05, 0.1) is 40.8 Å². The molecule has 1 spiro atoms. The third-order valence-corrected chi connectivity index (χ3v) is 7.93. The smallest absolute Gasteiger partial charge is 0.250 e. The highest BCUT2D eigenvalue weighted by atomic mass is 35.5. The maximum atomic E-state index is 13.8. The van der Waals surface area contributed by atoms with Crippen LogP contribution in [0.1, 0.15) is 39.5 Å². The van der Waals surface area contributed by atoms with Gasteiger partial charge in [0.15, 0.2) is 0 Å². The number of likely N-dealkylation sites (tertiary alicyclic amines) is 1. The fourth-order valence-corrected chi connectivity index (χ4v) is 6.26. The normalized spacial score (nSPS) is 33.8. The summed E-state index contributed by atoms with van der Waals surface area (Å²) in [6.07, 6.45) is 2.10. The number of benzene rings is 1. The Hall–Kier alpha value is -2.16. The highest BCUT2D eigenvalue weighted by molar-refractivity contribution is 6.33. The molecule has 0 radical (unpaired) electrons. The van der Waals surface area contributed by atoms with Crippen LogP contribution in [0.25, 0.3) is 0 Å². The predicted molar refractivity (Wildman–Crippen MR) is 119 cm³/mol. The van der Waals surface area contributed by atoms with Crippen LogP contribution in [0.4, 0.5) is 5.69 Å². The summed E-state index contributed by atoms with van der Waals surface area (Å²) in [6.45, 7) is 3.51. The summed E-state index contributed by atoms with van der Waals surface area (Å²) in [6, 6.07) is 5.34. The van der Waals surface area contributed by atoms with Gasteiger partial charge in [-0.05, 0) is 37.8 Å². The topological polar surface area (TPSA) is 108 Å². The van der Waals surface area contributed by atoms with E-state index in [1.807, 2.05) is 13.8 Å². The Labute approximate surface area is 192 Å². The summed E-state index contributed by atoms with van der Waals surface area (Å²) < 4.78 is 6.60. The molecule has 3 fully saturated rings. The van der Waals surface area contributed by atoms with E-state index in [-0.39, 0.29) is 18.4 Å². The number of carbonyl (C=O) groups excluding carboxylic acids is 3. The number of anilines is 1. The zero-order chi connectivity index (χ0) is 23.3. The van der Waals surface area contributed by atoms with Crippen LogP contribution in [0, 0.1) is 11.8 Å². The Bertz CT molecular complexity index is 938. The van der Waals surface area contributed by atoms with Gasteiger partial charge in [0.25, 0.3) is 0 Å². The van der Waals surface area contributed by atoms with Gasteiger partial charge in [-0.3, -0.25) is 14.4 Å². The van der Waals surface area contributed by atoms with Crippen molar-refractivity contribution in [3.63, 3.8) is 0 Å². The van der Waals surface area contributed by atoms with E-state index in [2.05, 4.69) is 10.6 Å². The SMILES string of the molecule is CC[C@@H](CO)N1C(=O)[C@@H]2[C@@H](C(=O)NC)[C@@]3(CC)CCC2(O3)C1C(=O)Nc1ccccc1Cl. The van der Waals surface area contributed by atoms with Crippen LogP contribution in [0.3, 0.4) is 0 Å². The quantitative estimate of drug-likeness (QED) is 0.572. The van der Waals surface area contributed by atoms with Crippen LogP contribution in [0.2, 0.25) is 5.02 Å². The van der Waals surface area contributed by atoms with E-state index >= 15 is 0 Å². The lowest BCUT2D eigenvalue weighted by atomic mass is 9.65. The van der Waals surface area contributed by atoms with Gasteiger partial charge < -0.3 is 25.4 Å². The zero-order valence-electron chi connectivity index (χ0n) is 18.6. The molecule has 1 aromatic carbocycles. The molecule has 8 nitrogen and oxygen atoms in total. The minimum Gasteiger partial charge on any atom is -0.394 e. The number of hydrogen-bond donors (Lipinski definition) is 3. The second kappa shape index (κ2) is 8.32. The van der Waals surface area contributed by atoms with Gasteiger partial charge in [-0.1, -0.05) is 37.6 Å². The van der Waals surface area contributed by atoms with Gasteiger partial charge >= 0.3 is 0 Å². The molecular weight excluding hydrogens is 434 g/mol. The van der Waals surface area contributed by atoms with Crippen molar-refractivity contribution in [1.82, 2.24) is 10.2 Å². The lowest BCUT2D eigenvalue weighted by molar-refractivity contribution is -0.149. The van der Waals surface area contributed by atoms with E-state index in [1.165, 1.54) is 4.90 Å². The average molecular weight is 464 g/mol. The van der Waals surface area contributed by atoms with Crippen LogP contribution in [0.15, 0.2) is 24.3 Å². The van der Waals surface area contributed by atoms with Crippen molar-refractivity contribution in [2.45, 2.75) is 62.8 Å². The second-order valence-corrected chi connectivity index (χ2v) is 9.31.